The first-order valence-electron chi connectivity index (χ1n) is 6.79. The normalized spacial score (nSPS) is 15.1. The molecule has 1 saturated carbocycles. The zero-order valence-electron chi connectivity index (χ0n) is 11.6. The van der Waals surface area contributed by atoms with E-state index in [-0.39, 0.29) is 18.4 Å². The van der Waals surface area contributed by atoms with E-state index < -0.39 is 24.5 Å². The number of carbonyl (C=O) groups is 3. The molecule has 1 aliphatic carbocycles. The average Bonchev–Trinajstić information content (AvgIpc) is 3.17. The molecule has 0 saturated heterocycles. The molecule has 3 rings (SSSR count). The van der Waals surface area contributed by atoms with Crippen LogP contribution in [0.25, 0.3) is 0 Å². The lowest BCUT2D eigenvalue weighted by Crippen LogP contribution is -2.42. The third-order valence-corrected chi connectivity index (χ3v) is 3.11. The Morgan fingerprint density at radius 2 is 1.95 bits per heavy atom. The van der Waals surface area contributed by atoms with E-state index in [9.17, 15) is 14.4 Å². The van der Waals surface area contributed by atoms with Gasteiger partial charge in [0, 0.05) is 6.04 Å². The van der Waals surface area contributed by atoms with Gasteiger partial charge in [-0.2, -0.15) is 0 Å². The quantitative estimate of drug-likeness (QED) is 0.788. The zero-order valence-corrected chi connectivity index (χ0v) is 11.6. The van der Waals surface area contributed by atoms with Gasteiger partial charge < -0.3 is 19.5 Å². The molecular formula is C14H14N2O6. The van der Waals surface area contributed by atoms with Crippen molar-refractivity contribution in [2.45, 2.75) is 18.9 Å². The molecule has 3 amide bonds. The van der Waals surface area contributed by atoms with Crippen LogP contribution in [0.15, 0.2) is 18.2 Å². The molecule has 1 fully saturated rings. The predicted octanol–water partition coefficient (Wildman–Crippen LogP) is 0.560. The molecule has 0 aromatic heterocycles. The fraction of sp³-hybridized carbons (Fsp3) is 0.357. The summed E-state index contributed by atoms with van der Waals surface area (Å²) in [6.45, 7) is -0.433. The van der Waals surface area contributed by atoms with Crippen molar-refractivity contribution in [1.29, 1.82) is 0 Å². The summed E-state index contributed by atoms with van der Waals surface area (Å²) in [5.41, 5.74) is 0.236. The van der Waals surface area contributed by atoms with Crippen molar-refractivity contribution in [2.75, 3.05) is 13.4 Å². The zero-order chi connectivity index (χ0) is 15.5. The first kappa shape index (κ1) is 14.2. The van der Waals surface area contributed by atoms with Crippen molar-refractivity contribution in [3.8, 4) is 11.5 Å². The molecule has 0 radical (unpaired) electrons. The van der Waals surface area contributed by atoms with Crippen LogP contribution in [0.2, 0.25) is 0 Å². The van der Waals surface area contributed by atoms with Gasteiger partial charge in [0.1, 0.15) is 0 Å². The Kier molecular flexibility index (Phi) is 3.82. The topological polar surface area (TPSA) is 103 Å². The summed E-state index contributed by atoms with van der Waals surface area (Å²) in [5, 5.41) is 4.68. The molecule has 2 aliphatic rings. The Labute approximate surface area is 125 Å². The number of rotatable bonds is 4. The maximum Gasteiger partial charge on any atom is 0.338 e. The molecule has 1 aliphatic heterocycles. The number of hydrogen-bond donors (Lipinski definition) is 2. The molecule has 116 valence electrons. The van der Waals surface area contributed by atoms with Crippen LogP contribution in [-0.2, 0) is 9.53 Å². The van der Waals surface area contributed by atoms with Crippen LogP contribution in [0.1, 0.15) is 23.2 Å². The number of carbonyl (C=O) groups excluding carboxylic acids is 3. The fourth-order valence-electron chi connectivity index (χ4n) is 1.85. The van der Waals surface area contributed by atoms with Gasteiger partial charge in [0.2, 0.25) is 6.79 Å². The van der Waals surface area contributed by atoms with Crippen molar-refractivity contribution in [1.82, 2.24) is 10.6 Å². The minimum absolute atomic E-state index is 0.104. The minimum Gasteiger partial charge on any atom is -0.454 e. The number of amides is 3. The van der Waals surface area contributed by atoms with Crippen molar-refractivity contribution >= 4 is 17.9 Å². The van der Waals surface area contributed by atoms with Crippen molar-refractivity contribution < 1.29 is 28.6 Å². The van der Waals surface area contributed by atoms with Gasteiger partial charge >= 0.3 is 12.0 Å². The number of urea groups is 1. The molecule has 1 aromatic rings. The van der Waals surface area contributed by atoms with E-state index in [4.69, 9.17) is 14.2 Å². The number of nitrogens with one attached hydrogen (secondary N) is 2. The third-order valence-electron chi connectivity index (χ3n) is 3.11. The molecule has 8 nitrogen and oxygen atoms in total. The van der Waals surface area contributed by atoms with E-state index in [1.54, 1.807) is 6.07 Å². The highest BCUT2D eigenvalue weighted by molar-refractivity contribution is 5.97. The Morgan fingerprint density at radius 1 is 1.18 bits per heavy atom. The van der Waals surface area contributed by atoms with Crippen LogP contribution >= 0.6 is 0 Å². The molecule has 0 spiro atoms. The maximum absolute atomic E-state index is 11.8. The lowest BCUT2D eigenvalue weighted by atomic mass is 10.2. The highest BCUT2D eigenvalue weighted by Crippen LogP contribution is 2.32. The highest BCUT2D eigenvalue weighted by Gasteiger charge is 2.24. The Morgan fingerprint density at radius 3 is 2.73 bits per heavy atom. The monoisotopic (exact) mass is 306 g/mol. The van der Waals surface area contributed by atoms with Crippen molar-refractivity contribution in [3.05, 3.63) is 23.8 Å². The smallest absolute Gasteiger partial charge is 0.338 e. The van der Waals surface area contributed by atoms with E-state index in [2.05, 4.69) is 10.6 Å². The van der Waals surface area contributed by atoms with Crippen LogP contribution in [0.5, 0.6) is 11.5 Å². The number of benzene rings is 1. The molecule has 22 heavy (non-hydrogen) atoms. The number of ether oxygens (including phenoxy) is 3. The number of fused-ring (bicyclic) bond motifs is 1. The first-order chi connectivity index (χ1) is 10.6. The molecular weight excluding hydrogens is 292 g/mol. The van der Waals surface area contributed by atoms with Crippen LogP contribution in [0.3, 0.4) is 0 Å². The van der Waals surface area contributed by atoms with E-state index in [1.807, 2.05) is 0 Å². The number of esters is 1. The fourth-order valence-corrected chi connectivity index (χ4v) is 1.85. The molecule has 0 atom stereocenters. The molecule has 8 heteroatoms. The summed E-state index contributed by atoms with van der Waals surface area (Å²) in [4.78, 5) is 34.6. The summed E-state index contributed by atoms with van der Waals surface area (Å²) >= 11 is 0. The Hall–Kier alpha value is -2.77. The van der Waals surface area contributed by atoms with Gasteiger partial charge in [-0.25, -0.2) is 9.59 Å². The van der Waals surface area contributed by atoms with Gasteiger partial charge in [0.25, 0.3) is 5.91 Å². The molecule has 1 aromatic carbocycles. The summed E-state index contributed by atoms with van der Waals surface area (Å²) in [6, 6.07) is 4.13. The summed E-state index contributed by atoms with van der Waals surface area (Å²) in [6.07, 6.45) is 1.83. The van der Waals surface area contributed by atoms with Crippen LogP contribution in [0.4, 0.5) is 4.79 Å². The number of hydrogen-bond acceptors (Lipinski definition) is 6. The largest absolute Gasteiger partial charge is 0.454 e. The van der Waals surface area contributed by atoms with Crippen LogP contribution < -0.4 is 20.1 Å². The van der Waals surface area contributed by atoms with Crippen LogP contribution in [0, 0.1) is 0 Å². The van der Waals surface area contributed by atoms with E-state index in [1.165, 1.54) is 12.1 Å². The third kappa shape index (κ3) is 3.46. The lowest BCUT2D eigenvalue weighted by Gasteiger charge is -2.07. The Bertz CT molecular complexity index is 626. The predicted molar refractivity (Wildman–Crippen MR) is 72.5 cm³/mol. The van der Waals surface area contributed by atoms with Gasteiger partial charge in [-0.05, 0) is 31.0 Å². The van der Waals surface area contributed by atoms with Gasteiger partial charge in [-0.3, -0.25) is 10.1 Å². The second-order valence-corrected chi connectivity index (χ2v) is 4.94. The summed E-state index contributed by atoms with van der Waals surface area (Å²) < 4.78 is 15.1. The second-order valence-electron chi connectivity index (χ2n) is 4.94. The molecule has 0 unspecified atom stereocenters. The maximum atomic E-state index is 11.8. The van der Waals surface area contributed by atoms with Gasteiger partial charge in [-0.1, -0.05) is 0 Å². The summed E-state index contributed by atoms with van der Waals surface area (Å²) in [5.74, 6) is -0.378. The Balaban J connectivity index is 1.47. The second kappa shape index (κ2) is 5.92. The van der Waals surface area contributed by atoms with Crippen molar-refractivity contribution in [2.24, 2.45) is 0 Å². The SMILES string of the molecule is O=C(COC(=O)c1ccc2c(c1)OCO2)NC(=O)NC1CC1. The van der Waals surface area contributed by atoms with Gasteiger partial charge in [0.05, 0.1) is 5.56 Å². The van der Waals surface area contributed by atoms with E-state index >= 15 is 0 Å². The van der Waals surface area contributed by atoms with Gasteiger partial charge in [0.15, 0.2) is 18.1 Å². The van der Waals surface area contributed by atoms with Crippen LogP contribution in [-0.4, -0.2) is 37.3 Å². The van der Waals surface area contributed by atoms with Crippen molar-refractivity contribution in [3.63, 3.8) is 0 Å². The van der Waals surface area contributed by atoms with Gasteiger partial charge in [-0.15, -0.1) is 0 Å². The molecule has 0 bridgehead atoms. The summed E-state index contributed by atoms with van der Waals surface area (Å²) in [7, 11) is 0. The average molecular weight is 306 g/mol. The minimum atomic E-state index is -0.688. The van der Waals surface area contributed by atoms with E-state index in [0.29, 0.717) is 11.5 Å². The molecule has 1 heterocycles. The molecule has 2 N–H and O–H groups in total. The van der Waals surface area contributed by atoms with E-state index in [0.717, 1.165) is 12.8 Å². The first-order valence-corrected chi connectivity index (χ1v) is 6.79. The number of imide groups is 1. The highest BCUT2D eigenvalue weighted by atomic mass is 16.7. The lowest BCUT2D eigenvalue weighted by molar-refractivity contribution is -0.123. The standard InChI is InChI=1S/C14H14N2O6/c17-12(16-14(19)15-9-2-3-9)6-20-13(18)8-1-4-10-11(5-8)22-7-21-10/h1,4-5,9H,2-3,6-7H2,(H2,15,16,17,19).